The van der Waals surface area contributed by atoms with E-state index in [1.54, 1.807) is 37.4 Å². The second-order valence-electron chi connectivity index (χ2n) is 8.22. The average molecular weight is 447 g/mol. The van der Waals surface area contributed by atoms with E-state index in [0.717, 1.165) is 10.5 Å². The second kappa shape index (κ2) is 8.90. The summed E-state index contributed by atoms with van der Waals surface area (Å²) in [6.45, 7) is 0.210. The number of carbonyl (C=O) groups excluding carboxylic acids is 3. The van der Waals surface area contributed by atoms with Crippen LogP contribution in [0.3, 0.4) is 0 Å². The summed E-state index contributed by atoms with van der Waals surface area (Å²) in [6.07, 6.45) is -0.216. The molecule has 8 nitrogen and oxygen atoms in total. The molecule has 3 amide bonds. The molecule has 1 aliphatic rings. The number of rotatable bonds is 7. The monoisotopic (exact) mass is 447 g/mol. The summed E-state index contributed by atoms with van der Waals surface area (Å²) in [7, 11) is 4.62. The Morgan fingerprint density at radius 3 is 2.58 bits per heavy atom. The minimum Gasteiger partial charge on any atom is -0.497 e. The lowest BCUT2D eigenvalue weighted by Gasteiger charge is -2.28. The van der Waals surface area contributed by atoms with Gasteiger partial charge in [-0.1, -0.05) is 47.6 Å². The molecule has 1 aliphatic heterocycles. The molecule has 3 aromatic rings. The fourth-order valence-electron chi connectivity index (χ4n) is 4.12. The number of nitrogens with zero attached hydrogens (tertiary/aromatic N) is 3. The maximum absolute atomic E-state index is 13.2. The molecule has 33 heavy (non-hydrogen) atoms. The fourth-order valence-corrected chi connectivity index (χ4v) is 4.12. The van der Waals surface area contributed by atoms with Gasteiger partial charge in [-0.25, -0.2) is 0 Å². The van der Waals surface area contributed by atoms with E-state index in [4.69, 9.17) is 9.26 Å². The van der Waals surface area contributed by atoms with Gasteiger partial charge >= 0.3 is 0 Å². The van der Waals surface area contributed by atoms with Gasteiger partial charge in [0.05, 0.1) is 19.1 Å². The molecule has 2 heterocycles. The molecule has 1 atom stereocenters. The van der Waals surface area contributed by atoms with Crippen LogP contribution >= 0.6 is 0 Å². The molecule has 0 spiro atoms. The summed E-state index contributed by atoms with van der Waals surface area (Å²) in [5.74, 6) is 0.173. The number of amides is 3. The third-order valence-corrected chi connectivity index (χ3v) is 6.06. The number of hydrogen-bond donors (Lipinski definition) is 0. The van der Waals surface area contributed by atoms with Gasteiger partial charge in [-0.05, 0) is 17.7 Å². The smallest absolute Gasteiger partial charge is 0.240 e. The Bertz CT molecular complexity index is 1190. The number of ether oxygens (including phenoxy) is 1. The number of hydrogen-bond acceptors (Lipinski definition) is 6. The van der Waals surface area contributed by atoms with Crippen LogP contribution in [0.1, 0.15) is 24.1 Å². The van der Waals surface area contributed by atoms with E-state index in [1.807, 2.05) is 30.3 Å². The number of likely N-dealkylation sites (N-methyl/N-ethyl adjacent to an activating group) is 1. The molecular formula is C25H25N3O5. The second-order valence-corrected chi connectivity index (χ2v) is 8.22. The highest BCUT2D eigenvalue weighted by atomic mass is 16.5. The van der Waals surface area contributed by atoms with Crippen molar-refractivity contribution in [2.45, 2.75) is 24.8 Å². The van der Waals surface area contributed by atoms with E-state index in [2.05, 4.69) is 5.16 Å². The van der Waals surface area contributed by atoms with E-state index in [0.29, 0.717) is 22.8 Å². The van der Waals surface area contributed by atoms with Crippen LogP contribution in [0.4, 0.5) is 0 Å². The summed E-state index contributed by atoms with van der Waals surface area (Å²) in [5, 5.41) is 4.07. The molecule has 0 bridgehead atoms. The van der Waals surface area contributed by atoms with E-state index in [1.165, 1.54) is 19.1 Å². The quantitative estimate of drug-likeness (QED) is 0.517. The van der Waals surface area contributed by atoms with Crippen molar-refractivity contribution in [1.29, 1.82) is 0 Å². The number of aromatic nitrogens is 1. The molecule has 0 radical (unpaired) electrons. The van der Waals surface area contributed by atoms with Crippen molar-refractivity contribution < 1.29 is 23.6 Å². The van der Waals surface area contributed by atoms with Crippen molar-refractivity contribution in [1.82, 2.24) is 15.0 Å². The van der Waals surface area contributed by atoms with Crippen LogP contribution < -0.4 is 4.74 Å². The van der Waals surface area contributed by atoms with Crippen LogP contribution in [0, 0.1) is 0 Å². The van der Waals surface area contributed by atoms with E-state index >= 15 is 0 Å². The van der Waals surface area contributed by atoms with Gasteiger partial charge in [-0.15, -0.1) is 0 Å². The van der Waals surface area contributed by atoms with Gasteiger partial charge in [0.25, 0.3) is 0 Å². The number of likely N-dealkylation sites (tertiary alicyclic amines) is 1. The highest BCUT2D eigenvalue weighted by Gasteiger charge is 2.53. The fraction of sp³-hybridized carbons (Fsp3) is 0.280. The van der Waals surface area contributed by atoms with Crippen LogP contribution in [0.25, 0.3) is 11.3 Å². The van der Waals surface area contributed by atoms with Crippen molar-refractivity contribution >= 4 is 17.7 Å². The predicted molar refractivity (Wildman–Crippen MR) is 120 cm³/mol. The molecule has 0 saturated carbocycles. The molecule has 4 rings (SSSR count). The van der Waals surface area contributed by atoms with E-state index in [-0.39, 0.29) is 31.2 Å². The first-order chi connectivity index (χ1) is 15.8. The topological polar surface area (TPSA) is 92.9 Å². The Hall–Kier alpha value is -3.94. The van der Waals surface area contributed by atoms with Gasteiger partial charge in [-0.3, -0.25) is 19.3 Å². The first-order valence-corrected chi connectivity index (χ1v) is 10.5. The Balaban J connectivity index is 1.56. The lowest BCUT2D eigenvalue weighted by Crippen LogP contribution is -2.41. The van der Waals surface area contributed by atoms with Gasteiger partial charge < -0.3 is 14.2 Å². The summed E-state index contributed by atoms with van der Waals surface area (Å²) < 4.78 is 10.7. The molecule has 2 aromatic carbocycles. The minimum atomic E-state index is -1.27. The third kappa shape index (κ3) is 4.24. The van der Waals surface area contributed by atoms with Gasteiger partial charge in [0.15, 0.2) is 5.76 Å². The molecule has 170 valence electrons. The van der Waals surface area contributed by atoms with Gasteiger partial charge in [-0.2, -0.15) is 0 Å². The van der Waals surface area contributed by atoms with Crippen LogP contribution in [0.2, 0.25) is 0 Å². The van der Waals surface area contributed by atoms with E-state index < -0.39 is 11.3 Å². The minimum absolute atomic E-state index is 0.0722. The Morgan fingerprint density at radius 1 is 1.15 bits per heavy atom. The molecule has 0 aliphatic carbocycles. The van der Waals surface area contributed by atoms with Crippen molar-refractivity contribution in [2.75, 3.05) is 21.2 Å². The molecule has 1 fully saturated rings. The molecule has 8 heteroatoms. The first-order valence-electron chi connectivity index (χ1n) is 10.5. The normalized spacial score (nSPS) is 18.0. The molecular weight excluding hydrogens is 422 g/mol. The van der Waals surface area contributed by atoms with E-state index in [9.17, 15) is 14.4 Å². The summed E-state index contributed by atoms with van der Waals surface area (Å²) in [4.78, 5) is 41.4. The standard InChI is InChI=1S/C25H25N3O5/c1-27(16-19-13-21(33-26-19)17-8-5-4-6-9-17)22(29)14-25(15-23(30)28(2)24(25)31)18-10-7-11-20(12-18)32-3/h4-13H,14-16H2,1-3H3. The average Bonchev–Trinajstić information content (AvgIpc) is 3.39. The Kier molecular flexibility index (Phi) is 6.00. The number of benzene rings is 2. The highest BCUT2D eigenvalue weighted by Crippen LogP contribution is 2.40. The zero-order valence-electron chi connectivity index (χ0n) is 18.8. The molecule has 1 saturated heterocycles. The van der Waals surface area contributed by atoms with Crippen LogP contribution in [0.15, 0.2) is 65.2 Å². The molecule has 0 N–H and O–H groups in total. The van der Waals surface area contributed by atoms with Crippen molar-refractivity contribution in [2.24, 2.45) is 0 Å². The summed E-state index contributed by atoms with van der Waals surface area (Å²) >= 11 is 0. The zero-order valence-corrected chi connectivity index (χ0v) is 18.8. The highest BCUT2D eigenvalue weighted by molar-refractivity contribution is 6.10. The lowest BCUT2D eigenvalue weighted by molar-refractivity contribution is -0.141. The molecule has 1 aromatic heterocycles. The van der Waals surface area contributed by atoms with Gasteiger partial charge in [0.1, 0.15) is 11.4 Å². The van der Waals surface area contributed by atoms with Crippen LogP contribution in [-0.2, 0) is 26.3 Å². The Morgan fingerprint density at radius 2 is 1.91 bits per heavy atom. The van der Waals surface area contributed by atoms with Crippen molar-refractivity contribution in [3.8, 4) is 17.1 Å². The number of carbonyl (C=O) groups is 3. The van der Waals surface area contributed by atoms with Gasteiger partial charge in [0.2, 0.25) is 17.7 Å². The van der Waals surface area contributed by atoms with Crippen molar-refractivity contribution in [3.05, 3.63) is 71.9 Å². The maximum Gasteiger partial charge on any atom is 0.240 e. The SMILES string of the molecule is COc1cccc(C2(CC(=O)N(C)Cc3cc(-c4ccccc4)on3)CC(=O)N(C)C2=O)c1. The third-order valence-electron chi connectivity index (χ3n) is 6.06. The lowest BCUT2D eigenvalue weighted by atomic mass is 9.75. The number of methoxy groups -OCH3 is 1. The largest absolute Gasteiger partial charge is 0.497 e. The molecule has 1 unspecified atom stereocenters. The maximum atomic E-state index is 13.2. The first kappa shape index (κ1) is 22.3. The predicted octanol–water partition coefficient (Wildman–Crippen LogP) is 3.03. The summed E-state index contributed by atoms with van der Waals surface area (Å²) in [6, 6.07) is 18.3. The van der Waals surface area contributed by atoms with Crippen LogP contribution in [0.5, 0.6) is 5.75 Å². The Labute approximate surface area is 191 Å². The summed E-state index contributed by atoms with van der Waals surface area (Å²) in [5.41, 5.74) is 0.788. The van der Waals surface area contributed by atoms with Gasteiger partial charge in [0, 0.05) is 38.6 Å². The van der Waals surface area contributed by atoms with Crippen molar-refractivity contribution in [3.63, 3.8) is 0 Å². The zero-order chi connectivity index (χ0) is 23.6. The van der Waals surface area contributed by atoms with Crippen LogP contribution in [-0.4, -0.2) is 53.9 Å². The number of imide groups is 1.